The molecule has 4 aliphatic carbocycles. The summed E-state index contributed by atoms with van der Waals surface area (Å²) >= 11 is 0. The smallest absolute Gasteiger partial charge is 0.228 e. The topological polar surface area (TPSA) is 32.3 Å². The third kappa shape index (κ3) is 2.37. The molecule has 0 atom stereocenters. The van der Waals surface area contributed by atoms with Crippen molar-refractivity contribution in [2.45, 2.75) is 44.9 Å². The van der Waals surface area contributed by atoms with Crippen LogP contribution in [0.15, 0.2) is 0 Å². The molecule has 0 aromatic heterocycles. The molecule has 1 heterocycles. The Balaban J connectivity index is 0.00000121. The molecule has 4 heteroatoms. The number of hydrogen-bond acceptors (Lipinski definition) is 2. The second-order valence-electron chi connectivity index (χ2n) is 7.59. The number of nitrogens with one attached hydrogen (secondary N) is 1. The van der Waals surface area contributed by atoms with Gasteiger partial charge < -0.3 is 10.2 Å². The van der Waals surface area contributed by atoms with Crippen molar-refractivity contribution in [3.8, 4) is 0 Å². The summed E-state index contributed by atoms with van der Waals surface area (Å²) in [6, 6.07) is 0. The molecule has 0 unspecified atom stereocenters. The van der Waals surface area contributed by atoms with Gasteiger partial charge in [-0.25, -0.2) is 0 Å². The van der Waals surface area contributed by atoms with Crippen molar-refractivity contribution >= 4 is 18.3 Å². The van der Waals surface area contributed by atoms with E-state index in [0.717, 1.165) is 50.4 Å². The van der Waals surface area contributed by atoms with E-state index >= 15 is 0 Å². The van der Waals surface area contributed by atoms with Crippen molar-refractivity contribution in [3.05, 3.63) is 0 Å². The highest BCUT2D eigenvalue weighted by molar-refractivity contribution is 5.85. The Hall–Kier alpha value is -0.280. The predicted molar refractivity (Wildman–Crippen MR) is 81.9 cm³/mol. The molecule has 4 bridgehead atoms. The van der Waals surface area contributed by atoms with Crippen LogP contribution in [0.5, 0.6) is 0 Å². The molecule has 5 rings (SSSR count). The molecular formula is C16H27ClN2O. The summed E-state index contributed by atoms with van der Waals surface area (Å²) in [5.41, 5.74) is 0.0685. The Bertz CT molecular complexity index is 341. The maximum Gasteiger partial charge on any atom is 0.228 e. The third-order valence-electron chi connectivity index (χ3n) is 6.12. The Morgan fingerprint density at radius 2 is 1.55 bits per heavy atom. The maximum absolute atomic E-state index is 13.1. The van der Waals surface area contributed by atoms with E-state index in [2.05, 4.69) is 10.2 Å². The molecule has 1 aliphatic heterocycles. The molecule has 5 fully saturated rings. The van der Waals surface area contributed by atoms with Crippen LogP contribution in [0, 0.1) is 23.2 Å². The van der Waals surface area contributed by atoms with Gasteiger partial charge in [0.15, 0.2) is 0 Å². The van der Waals surface area contributed by atoms with Gasteiger partial charge in [-0.15, -0.1) is 12.4 Å². The van der Waals surface area contributed by atoms with Gasteiger partial charge in [0.25, 0.3) is 0 Å². The molecule has 5 aliphatic rings. The molecule has 0 spiro atoms. The van der Waals surface area contributed by atoms with E-state index < -0.39 is 0 Å². The highest BCUT2D eigenvalue weighted by Gasteiger charge is 2.55. The first-order chi connectivity index (χ1) is 9.25. The first kappa shape index (κ1) is 14.6. The molecule has 0 radical (unpaired) electrons. The van der Waals surface area contributed by atoms with Crippen LogP contribution in [-0.4, -0.2) is 37.0 Å². The van der Waals surface area contributed by atoms with E-state index in [4.69, 9.17) is 0 Å². The summed E-state index contributed by atoms with van der Waals surface area (Å²) in [5.74, 6) is 3.15. The van der Waals surface area contributed by atoms with E-state index in [1.165, 1.54) is 38.5 Å². The zero-order chi connectivity index (χ0) is 12.9. The molecule has 4 saturated carbocycles. The average molecular weight is 299 g/mol. The number of halogens is 1. The summed E-state index contributed by atoms with van der Waals surface area (Å²) in [6.45, 7) is 3.97. The fourth-order valence-electron chi connectivity index (χ4n) is 5.76. The Morgan fingerprint density at radius 1 is 0.950 bits per heavy atom. The standard InChI is InChI=1S/C16H26N2O.ClH/c19-15(18-4-1-2-17-3-5-18)16-9-12-6-13(10-16)8-14(7-12)11-16;/h12-14,17H,1-11H2;1H. The quantitative estimate of drug-likeness (QED) is 0.806. The van der Waals surface area contributed by atoms with E-state index in [9.17, 15) is 4.79 Å². The second-order valence-corrected chi connectivity index (χ2v) is 7.59. The first-order valence-corrected chi connectivity index (χ1v) is 8.25. The number of amides is 1. The minimum atomic E-state index is 0. The van der Waals surface area contributed by atoms with Crippen molar-refractivity contribution in [1.29, 1.82) is 0 Å². The van der Waals surface area contributed by atoms with Crippen LogP contribution in [0.3, 0.4) is 0 Å². The molecule has 0 aromatic rings. The van der Waals surface area contributed by atoms with Gasteiger partial charge in [-0.2, -0.15) is 0 Å². The summed E-state index contributed by atoms with van der Waals surface area (Å²) in [5, 5.41) is 3.41. The number of hydrogen-bond donors (Lipinski definition) is 1. The first-order valence-electron chi connectivity index (χ1n) is 8.25. The fourth-order valence-corrected chi connectivity index (χ4v) is 5.76. The Kier molecular flexibility index (Phi) is 4.02. The Morgan fingerprint density at radius 3 is 2.15 bits per heavy atom. The van der Waals surface area contributed by atoms with Crippen molar-refractivity contribution in [2.24, 2.45) is 23.2 Å². The lowest BCUT2D eigenvalue weighted by molar-refractivity contribution is -0.157. The number of carbonyl (C=O) groups excluding carboxylic acids is 1. The van der Waals surface area contributed by atoms with Gasteiger partial charge in [-0.05, 0) is 69.2 Å². The van der Waals surface area contributed by atoms with Gasteiger partial charge in [0, 0.05) is 19.6 Å². The highest BCUT2D eigenvalue weighted by atomic mass is 35.5. The zero-order valence-corrected chi connectivity index (χ0v) is 13.1. The lowest BCUT2D eigenvalue weighted by Crippen LogP contribution is -2.55. The zero-order valence-electron chi connectivity index (χ0n) is 12.3. The SMILES string of the molecule is Cl.O=C(N1CCCNCC1)C12CC3CC(CC(C3)C1)C2. The van der Waals surface area contributed by atoms with E-state index in [0.29, 0.717) is 5.91 Å². The van der Waals surface area contributed by atoms with Gasteiger partial charge in [-0.3, -0.25) is 4.79 Å². The van der Waals surface area contributed by atoms with Crippen LogP contribution in [0.4, 0.5) is 0 Å². The minimum absolute atomic E-state index is 0. The molecule has 0 aromatic carbocycles. The van der Waals surface area contributed by atoms with Crippen LogP contribution in [0.1, 0.15) is 44.9 Å². The predicted octanol–water partition coefficient (Wildman–Crippen LogP) is 2.45. The number of rotatable bonds is 1. The van der Waals surface area contributed by atoms with E-state index in [1.54, 1.807) is 0 Å². The van der Waals surface area contributed by atoms with E-state index in [1.807, 2.05) is 0 Å². The number of carbonyl (C=O) groups is 1. The molecular weight excluding hydrogens is 272 g/mol. The van der Waals surface area contributed by atoms with Crippen LogP contribution in [0.2, 0.25) is 0 Å². The minimum Gasteiger partial charge on any atom is -0.341 e. The maximum atomic E-state index is 13.1. The van der Waals surface area contributed by atoms with Gasteiger partial charge in [-0.1, -0.05) is 0 Å². The molecule has 1 saturated heterocycles. The molecule has 114 valence electrons. The molecule has 1 amide bonds. The summed E-state index contributed by atoms with van der Waals surface area (Å²) < 4.78 is 0. The average Bonchev–Trinajstić information content (AvgIpc) is 2.65. The molecule has 1 N–H and O–H groups in total. The summed E-state index contributed by atoms with van der Waals surface area (Å²) in [6.07, 6.45) is 9.03. The summed E-state index contributed by atoms with van der Waals surface area (Å²) in [4.78, 5) is 15.3. The number of nitrogens with zero attached hydrogens (tertiary/aromatic N) is 1. The Labute approximate surface area is 128 Å². The lowest BCUT2D eigenvalue weighted by Gasteiger charge is -2.56. The summed E-state index contributed by atoms with van der Waals surface area (Å²) in [7, 11) is 0. The van der Waals surface area contributed by atoms with E-state index in [-0.39, 0.29) is 17.8 Å². The third-order valence-corrected chi connectivity index (χ3v) is 6.12. The fraction of sp³-hybridized carbons (Fsp3) is 0.938. The largest absolute Gasteiger partial charge is 0.341 e. The van der Waals surface area contributed by atoms with Crippen LogP contribution >= 0.6 is 12.4 Å². The van der Waals surface area contributed by atoms with Gasteiger partial charge in [0.05, 0.1) is 5.41 Å². The van der Waals surface area contributed by atoms with Crippen molar-refractivity contribution in [2.75, 3.05) is 26.2 Å². The van der Waals surface area contributed by atoms with Gasteiger partial charge in [0.1, 0.15) is 0 Å². The van der Waals surface area contributed by atoms with Crippen LogP contribution in [0.25, 0.3) is 0 Å². The van der Waals surface area contributed by atoms with Gasteiger partial charge in [0.2, 0.25) is 5.91 Å². The van der Waals surface area contributed by atoms with Crippen molar-refractivity contribution < 1.29 is 4.79 Å². The monoisotopic (exact) mass is 298 g/mol. The van der Waals surface area contributed by atoms with Gasteiger partial charge >= 0.3 is 0 Å². The van der Waals surface area contributed by atoms with Crippen molar-refractivity contribution in [3.63, 3.8) is 0 Å². The molecule has 20 heavy (non-hydrogen) atoms. The van der Waals surface area contributed by atoms with Crippen LogP contribution in [-0.2, 0) is 4.79 Å². The molecule has 3 nitrogen and oxygen atoms in total. The van der Waals surface area contributed by atoms with Crippen LogP contribution < -0.4 is 5.32 Å². The van der Waals surface area contributed by atoms with Crippen molar-refractivity contribution in [1.82, 2.24) is 10.2 Å². The lowest BCUT2D eigenvalue weighted by atomic mass is 9.49. The highest BCUT2D eigenvalue weighted by Crippen LogP contribution is 2.60. The second kappa shape index (κ2) is 5.49. The normalized spacial score (nSPS) is 43.0.